The summed E-state index contributed by atoms with van der Waals surface area (Å²) in [6.45, 7) is 6.49. The van der Waals surface area contributed by atoms with Crippen LogP contribution in [0.5, 0.6) is 0 Å². The van der Waals surface area contributed by atoms with E-state index >= 15 is 0 Å². The number of hydrogen-bond donors (Lipinski definition) is 0. The first-order valence-electron chi connectivity index (χ1n) is 27.2. The number of unbranched alkanes of at least 4 members (excludes halogenated alkanes) is 21. The van der Waals surface area contributed by atoms with E-state index in [1.54, 1.807) is 0 Å². The summed E-state index contributed by atoms with van der Waals surface area (Å²) in [5, 5.41) is 0. The highest BCUT2D eigenvalue weighted by Crippen LogP contribution is 2.14. The second kappa shape index (κ2) is 53.9. The van der Waals surface area contributed by atoms with Gasteiger partial charge in [-0.05, 0) is 89.9 Å². The van der Waals surface area contributed by atoms with Crippen molar-refractivity contribution in [1.82, 2.24) is 0 Å². The Balaban J connectivity index is 4.57. The van der Waals surface area contributed by atoms with Crippen LogP contribution in [0.15, 0.2) is 97.2 Å². The number of esters is 3. The van der Waals surface area contributed by atoms with Crippen LogP contribution in [0.1, 0.15) is 245 Å². The highest BCUT2D eigenvalue weighted by molar-refractivity contribution is 5.71. The Hall–Kier alpha value is -3.67. The predicted molar refractivity (Wildman–Crippen MR) is 284 cm³/mol. The molecule has 0 fully saturated rings. The lowest BCUT2D eigenvalue weighted by molar-refractivity contribution is -0.166. The summed E-state index contributed by atoms with van der Waals surface area (Å²) >= 11 is 0. The van der Waals surface area contributed by atoms with Gasteiger partial charge in [-0.25, -0.2) is 0 Å². The smallest absolute Gasteiger partial charge is 0.306 e. The van der Waals surface area contributed by atoms with E-state index in [9.17, 15) is 14.4 Å². The summed E-state index contributed by atoms with van der Waals surface area (Å²) in [6, 6.07) is 0. The van der Waals surface area contributed by atoms with Crippen LogP contribution in [0.3, 0.4) is 0 Å². The fraction of sp³-hybridized carbons (Fsp3) is 0.683. The van der Waals surface area contributed by atoms with Gasteiger partial charge in [0.2, 0.25) is 0 Å². The highest BCUT2D eigenvalue weighted by Gasteiger charge is 2.19. The van der Waals surface area contributed by atoms with Gasteiger partial charge in [-0.1, -0.05) is 234 Å². The quantitative estimate of drug-likeness (QED) is 0.0262. The third kappa shape index (κ3) is 51.3. The van der Waals surface area contributed by atoms with Crippen molar-refractivity contribution in [2.75, 3.05) is 13.2 Å². The van der Waals surface area contributed by atoms with E-state index in [-0.39, 0.29) is 44.0 Å². The van der Waals surface area contributed by atoms with Gasteiger partial charge < -0.3 is 14.2 Å². The molecule has 0 aliphatic carbocycles. The molecule has 0 aliphatic rings. The average Bonchev–Trinajstić information content (AvgIpc) is 3.31. The van der Waals surface area contributed by atoms with E-state index < -0.39 is 6.10 Å². The summed E-state index contributed by atoms with van der Waals surface area (Å²) in [5.74, 6) is -1.06. The minimum atomic E-state index is -0.832. The summed E-state index contributed by atoms with van der Waals surface area (Å²) in [6.07, 6.45) is 71.2. The van der Waals surface area contributed by atoms with Crippen molar-refractivity contribution in [3.63, 3.8) is 0 Å². The fourth-order valence-corrected chi connectivity index (χ4v) is 7.21. The number of ether oxygens (including phenoxy) is 3. The van der Waals surface area contributed by atoms with Crippen molar-refractivity contribution in [2.24, 2.45) is 0 Å². The Kier molecular flexibility index (Phi) is 50.9. The molecule has 0 radical (unpaired) electrons. The molecule has 6 nitrogen and oxygen atoms in total. The van der Waals surface area contributed by atoms with Crippen LogP contribution in [0.4, 0.5) is 0 Å². The Morgan fingerprint density at radius 2 is 0.591 bits per heavy atom. The van der Waals surface area contributed by atoms with Crippen LogP contribution in [-0.2, 0) is 28.6 Å². The molecule has 0 aromatic carbocycles. The molecule has 0 aromatic heterocycles. The van der Waals surface area contributed by atoms with E-state index in [1.807, 2.05) is 6.08 Å². The molecular weight excluding hydrogens is 817 g/mol. The van der Waals surface area contributed by atoms with E-state index in [0.29, 0.717) is 19.3 Å². The third-order valence-corrected chi connectivity index (χ3v) is 11.3. The lowest BCUT2D eigenvalue weighted by atomic mass is 10.0. The molecule has 0 saturated heterocycles. The van der Waals surface area contributed by atoms with Gasteiger partial charge in [-0.3, -0.25) is 14.4 Å². The summed E-state index contributed by atoms with van der Waals surface area (Å²) in [7, 11) is 0. The van der Waals surface area contributed by atoms with Gasteiger partial charge in [0.05, 0.1) is 0 Å². The summed E-state index contributed by atoms with van der Waals surface area (Å²) in [4.78, 5) is 38.0. The second-order valence-corrected chi connectivity index (χ2v) is 17.8. The lowest BCUT2D eigenvalue weighted by Gasteiger charge is -2.18. The Morgan fingerprint density at radius 3 is 1.02 bits per heavy atom. The molecule has 0 amide bonds. The first-order chi connectivity index (χ1) is 32.5. The van der Waals surface area contributed by atoms with Gasteiger partial charge in [0.15, 0.2) is 6.10 Å². The molecule has 0 heterocycles. The summed E-state index contributed by atoms with van der Waals surface area (Å²) in [5.41, 5.74) is 0. The lowest BCUT2D eigenvalue weighted by Crippen LogP contribution is -2.30. The molecule has 0 rings (SSSR count). The van der Waals surface area contributed by atoms with Gasteiger partial charge in [0, 0.05) is 19.3 Å². The molecule has 376 valence electrons. The van der Waals surface area contributed by atoms with Crippen molar-refractivity contribution < 1.29 is 28.6 Å². The van der Waals surface area contributed by atoms with E-state index in [2.05, 4.69) is 112 Å². The fourth-order valence-electron chi connectivity index (χ4n) is 7.21. The first-order valence-corrected chi connectivity index (χ1v) is 27.2. The van der Waals surface area contributed by atoms with Crippen molar-refractivity contribution >= 4 is 17.9 Å². The molecule has 66 heavy (non-hydrogen) atoms. The number of carbonyl (C=O) groups excluding carboxylic acids is 3. The number of hydrogen-bond acceptors (Lipinski definition) is 6. The minimum Gasteiger partial charge on any atom is -0.462 e. The standard InChI is InChI=1S/C60H100O6/c1-4-7-10-13-16-19-22-25-27-29-30-32-33-35-38-41-44-47-50-53-59(62)65-56-57(55-64-58(61)52-49-46-43-40-37-24-21-18-15-12-9-6-3)66-60(63)54-51-48-45-42-39-36-34-31-28-26-23-20-17-14-11-8-5-2/h16,19,25-28,30,32,34-36,38,42,44-45,47,57H,4-15,17-18,20-24,29,31,33,37,39-41,43,46,48-56H2,1-3H3/b19-16-,27-25-,28-26-,32-30-,36-34-,38-35-,45-42-,47-44-/t57-/m0/s1. The number of carbonyl (C=O) groups is 3. The Bertz CT molecular complexity index is 1330. The topological polar surface area (TPSA) is 78.9 Å². The van der Waals surface area contributed by atoms with Crippen LogP contribution >= 0.6 is 0 Å². The molecule has 6 heteroatoms. The maximum atomic E-state index is 12.8. The van der Waals surface area contributed by atoms with Crippen molar-refractivity contribution in [2.45, 2.75) is 252 Å². The van der Waals surface area contributed by atoms with Crippen LogP contribution < -0.4 is 0 Å². The Labute approximate surface area is 407 Å². The van der Waals surface area contributed by atoms with Crippen LogP contribution in [-0.4, -0.2) is 37.2 Å². The zero-order chi connectivity index (χ0) is 47.9. The second-order valence-electron chi connectivity index (χ2n) is 17.8. The molecule has 0 aliphatic heterocycles. The Morgan fingerprint density at radius 1 is 0.303 bits per heavy atom. The van der Waals surface area contributed by atoms with Gasteiger partial charge >= 0.3 is 17.9 Å². The van der Waals surface area contributed by atoms with Gasteiger partial charge in [0.25, 0.3) is 0 Å². The maximum Gasteiger partial charge on any atom is 0.306 e. The predicted octanol–water partition coefficient (Wildman–Crippen LogP) is 18.1. The molecule has 0 bridgehead atoms. The first kappa shape index (κ1) is 62.3. The number of allylic oxidation sites excluding steroid dienone is 16. The molecule has 0 saturated carbocycles. The molecule has 0 unspecified atom stereocenters. The molecular formula is C60H100O6. The normalized spacial score (nSPS) is 12.8. The maximum absolute atomic E-state index is 12.8. The molecule has 1 atom stereocenters. The van der Waals surface area contributed by atoms with Crippen LogP contribution in [0, 0.1) is 0 Å². The highest BCUT2D eigenvalue weighted by atomic mass is 16.6. The van der Waals surface area contributed by atoms with Crippen LogP contribution in [0.2, 0.25) is 0 Å². The molecule has 0 aromatic rings. The monoisotopic (exact) mass is 917 g/mol. The van der Waals surface area contributed by atoms with Crippen LogP contribution in [0.25, 0.3) is 0 Å². The van der Waals surface area contributed by atoms with E-state index in [1.165, 1.54) is 128 Å². The zero-order valence-electron chi connectivity index (χ0n) is 42.9. The summed E-state index contributed by atoms with van der Waals surface area (Å²) < 4.78 is 16.7. The van der Waals surface area contributed by atoms with Crippen molar-refractivity contribution in [3.05, 3.63) is 97.2 Å². The largest absolute Gasteiger partial charge is 0.462 e. The SMILES string of the molecule is CCCCC/C=C\C/C=C\C/C=C\C/C=C\C/C=C\CCC(=O)OC[C@H](COC(=O)CCCCCCCCCCCCCC)OC(=O)CCC/C=C\C/C=C\C/C=C\CCCCCCCC. The zero-order valence-corrected chi connectivity index (χ0v) is 42.9. The van der Waals surface area contributed by atoms with E-state index in [4.69, 9.17) is 14.2 Å². The molecule has 0 spiro atoms. The van der Waals surface area contributed by atoms with E-state index in [0.717, 1.165) is 64.2 Å². The van der Waals surface area contributed by atoms with Gasteiger partial charge in [-0.2, -0.15) is 0 Å². The van der Waals surface area contributed by atoms with Gasteiger partial charge in [-0.15, -0.1) is 0 Å². The average molecular weight is 917 g/mol. The minimum absolute atomic E-state index is 0.119. The molecule has 0 N–H and O–H groups in total. The van der Waals surface area contributed by atoms with Crippen molar-refractivity contribution in [3.8, 4) is 0 Å². The van der Waals surface area contributed by atoms with Crippen molar-refractivity contribution in [1.29, 1.82) is 0 Å². The number of rotatable bonds is 48. The third-order valence-electron chi connectivity index (χ3n) is 11.3. The van der Waals surface area contributed by atoms with Gasteiger partial charge in [0.1, 0.15) is 13.2 Å².